The fraction of sp³-hybridized carbons (Fsp3) is 0.0909. The Morgan fingerprint density at radius 2 is 1.77 bits per heavy atom. The second kappa shape index (κ2) is 10.2. The summed E-state index contributed by atoms with van der Waals surface area (Å²) in [6, 6.07) is 21.8. The average Bonchev–Trinajstić information content (AvgIpc) is 2.79. The second-order valence-electron chi connectivity index (χ2n) is 6.37. The van der Waals surface area contributed by atoms with Crippen LogP contribution in [0.5, 0.6) is 5.75 Å². The van der Waals surface area contributed by atoms with E-state index in [1.54, 1.807) is 73.8 Å². The molecule has 0 unspecified atom stereocenters. The number of methoxy groups -OCH3 is 1. The first kappa shape index (κ1) is 22.5. The number of rotatable bonds is 8. The topological polar surface area (TPSA) is 88.1 Å². The van der Waals surface area contributed by atoms with Crippen LogP contribution in [0.3, 0.4) is 0 Å². The number of sulfonamides is 1. The minimum absolute atomic E-state index is 0.0885. The number of ether oxygens (including phenoxy) is 1. The van der Waals surface area contributed by atoms with Crippen molar-refractivity contribution in [2.75, 3.05) is 18.0 Å². The number of amides is 1. The predicted octanol–water partition coefficient (Wildman–Crippen LogP) is 3.80. The lowest BCUT2D eigenvalue weighted by Crippen LogP contribution is -2.39. The minimum atomic E-state index is -3.96. The third-order valence-corrected chi connectivity index (χ3v) is 6.55. The summed E-state index contributed by atoms with van der Waals surface area (Å²) in [4.78, 5) is 12.6. The molecule has 0 saturated heterocycles. The SMILES string of the molecule is COc1cccc(C=NNC(=O)CN(c2ccc(Br)cc2)S(=O)(=O)c2ccccc2)c1. The van der Waals surface area contributed by atoms with Gasteiger partial charge in [-0.1, -0.05) is 46.3 Å². The molecule has 1 N–H and O–H groups in total. The Morgan fingerprint density at radius 3 is 2.45 bits per heavy atom. The molecule has 0 atom stereocenters. The van der Waals surface area contributed by atoms with Crippen molar-refractivity contribution in [2.24, 2.45) is 5.10 Å². The molecule has 3 aromatic rings. The van der Waals surface area contributed by atoms with Crippen molar-refractivity contribution in [3.8, 4) is 5.75 Å². The molecule has 0 aromatic heterocycles. The molecule has 0 aliphatic rings. The van der Waals surface area contributed by atoms with Crippen molar-refractivity contribution in [1.82, 2.24) is 5.43 Å². The number of carbonyl (C=O) groups is 1. The van der Waals surface area contributed by atoms with Gasteiger partial charge in [-0.3, -0.25) is 9.10 Å². The van der Waals surface area contributed by atoms with Crippen LogP contribution in [0.25, 0.3) is 0 Å². The number of hydrazone groups is 1. The van der Waals surface area contributed by atoms with Crippen LogP contribution in [0.15, 0.2) is 93.3 Å². The normalized spacial score (nSPS) is 11.3. The second-order valence-corrected chi connectivity index (χ2v) is 9.15. The monoisotopic (exact) mass is 501 g/mol. The molecule has 31 heavy (non-hydrogen) atoms. The standard InChI is InChI=1S/C22H20BrN3O4S/c1-30-20-7-5-6-17(14-20)15-24-25-22(27)16-26(19-12-10-18(23)11-13-19)31(28,29)21-8-3-2-4-9-21/h2-15H,16H2,1H3,(H,25,27). The maximum absolute atomic E-state index is 13.2. The van der Waals surface area contributed by atoms with Crippen LogP contribution in [0.2, 0.25) is 0 Å². The lowest BCUT2D eigenvalue weighted by molar-refractivity contribution is -0.119. The van der Waals surface area contributed by atoms with Gasteiger partial charge in [0.2, 0.25) is 0 Å². The van der Waals surface area contributed by atoms with Crippen molar-refractivity contribution < 1.29 is 17.9 Å². The zero-order valence-corrected chi connectivity index (χ0v) is 19.0. The summed E-state index contributed by atoms with van der Waals surface area (Å²) in [6.07, 6.45) is 1.45. The van der Waals surface area contributed by atoms with E-state index in [1.165, 1.54) is 18.3 Å². The molecular weight excluding hydrogens is 482 g/mol. The van der Waals surface area contributed by atoms with Gasteiger partial charge in [-0.25, -0.2) is 13.8 Å². The zero-order chi connectivity index (χ0) is 22.3. The smallest absolute Gasteiger partial charge is 0.264 e. The van der Waals surface area contributed by atoms with Gasteiger partial charge >= 0.3 is 0 Å². The molecule has 3 rings (SSSR count). The maximum Gasteiger partial charge on any atom is 0.264 e. The number of nitrogens with one attached hydrogen (secondary N) is 1. The predicted molar refractivity (Wildman–Crippen MR) is 124 cm³/mol. The quantitative estimate of drug-likeness (QED) is 0.375. The first-order valence-electron chi connectivity index (χ1n) is 9.19. The van der Waals surface area contributed by atoms with E-state index in [4.69, 9.17) is 4.74 Å². The molecule has 7 nitrogen and oxygen atoms in total. The lowest BCUT2D eigenvalue weighted by Gasteiger charge is -2.23. The highest BCUT2D eigenvalue weighted by Gasteiger charge is 2.27. The number of carbonyl (C=O) groups excluding carboxylic acids is 1. The molecule has 0 radical (unpaired) electrons. The fourth-order valence-electron chi connectivity index (χ4n) is 2.71. The Hall–Kier alpha value is -3.17. The van der Waals surface area contributed by atoms with Crippen LogP contribution in [0, 0.1) is 0 Å². The molecule has 0 aliphatic heterocycles. The minimum Gasteiger partial charge on any atom is -0.497 e. The van der Waals surface area contributed by atoms with Crippen molar-refractivity contribution >= 4 is 43.8 Å². The number of hydrogen-bond donors (Lipinski definition) is 1. The van der Waals surface area contributed by atoms with E-state index in [0.717, 1.165) is 14.3 Å². The van der Waals surface area contributed by atoms with Crippen LogP contribution in [0.1, 0.15) is 5.56 Å². The highest BCUT2D eigenvalue weighted by atomic mass is 79.9. The summed E-state index contributed by atoms with van der Waals surface area (Å²) in [6.45, 7) is -0.436. The Labute approximate surface area is 189 Å². The van der Waals surface area contributed by atoms with Crippen LogP contribution in [-0.4, -0.2) is 34.2 Å². The molecule has 0 fully saturated rings. The lowest BCUT2D eigenvalue weighted by atomic mass is 10.2. The third-order valence-electron chi connectivity index (χ3n) is 4.23. The Balaban J connectivity index is 1.80. The van der Waals surface area contributed by atoms with Crippen LogP contribution >= 0.6 is 15.9 Å². The highest BCUT2D eigenvalue weighted by Crippen LogP contribution is 2.25. The van der Waals surface area contributed by atoms with Gasteiger partial charge in [-0.05, 0) is 54.1 Å². The van der Waals surface area contributed by atoms with Gasteiger partial charge < -0.3 is 4.74 Å². The van der Waals surface area contributed by atoms with Gasteiger partial charge in [0, 0.05) is 4.47 Å². The van der Waals surface area contributed by atoms with Crippen molar-refractivity contribution in [3.63, 3.8) is 0 Å². The van der Waals surface area contributed by atoms with Gasteiger partial charge in [-0.2, -0.15) is 5.10 Å². The number of halogens is 1. The molecule has 1 amide bonds. The molecule has 0 spiro atoms. The van der Waals surface area contributed by atoms with Gasteiger partial charge in [0.25, 0.3) is 15.9 Å². The number of anilines is 1. The summed E-state index contributed by atoms with van der Waals surface area (Å²) >= 11 is 3.33. The van der Waals surface area contributed by atoms with Gasteiger partial charge in [0.05, 0.1) is 23.9 Å². The summed E-state index contributed by atoms with van der Waals surface area (Å²) in [5.74, 6) is 0.0761. The van der Waals surface area contributed by atoms with E-state index in [9.17, 15) is 13.2 Å². The van der Waals surface area contributed by atoms with E-state index >= 15 is 0 Å². The third kappa shape index (κ3) is 5.93. The summed E-state index contributed by atoms with van der Waals surface area (Å²) in [7, 11) is -2.40. The van der Waals surface area contributed by atoms with Crippen LogP contribution in [0.4, 0.5) is 5.69 Å². The first-order valence-corrected chi connectivity index (χ1v) is 11.4. The average molecular weight is 502 g/mol. The molecule has 160 valence electrons. The number of nitrogens with zero attached hydrogens (tertiary/aromatic N) is 2. The van der Waals surface area contributed by atoms with Gasteiger partial charge in [0.1, 0.15) is 12.3 Å². The maximum atomic E-state index is 13.2. The molecule has 0 bridgehead atoms. The summed E-state index contributed by atoms with van der Waals surface area (Å²) < 4.78 is 33.4. The Morgan fingerprint density at radius 1 is 1.06 bits per heavy atom. The highest BCUT2D eigenvalue weighted by molar-refractivity contribution is 9.10. The molecule has 3 aromatic carbocycles. The van der Waals surface area contributed by atoms with Crippen LogP contribution in [-0.2, 0) is 14.8 Å². The van der Waals surface area contributed by atoms with E-state index in [0.29, 0.717) is 11.4 Å². The van der Waals surface area contributed by atoms with E-state index in [1.807, 2.05) is 0 Å². The van der Waals surface area contributed by atoms with E-state index in [-0.39, 0.29) is 4.90 Å². The van der Waals surface area contributed by atoms with Gasteiger partial charge in [0.15, 0.2) is 0 Å². The zero-order valence-electron chi connectivity index (χ0n) is 16.6. The largest absolute Gasteiger partial charge is 0.497 e. The molecule has 0 heterocycles. The molecular formula is C22H20BrN3O4S. The number of benzene rings is 3. The first-order chi connectivity index (χ1) is 14.9. The van der Waals surface area contributed by atoms with Crippen molar-refractivity contribution in [2.45, 2.75) is 4.90 Å². The number of hydrogen-bond acceptors (Lipinski definition) is 5. The van der Waals surface area contributed by atoms with Gasteiger partial charge in [-0.15, -0.1) is 0 Å². The Bertz CT molecular complexity index is 1170. The van der Waals surface area contributed by atoms with Crippen LogP contribution < -0.4 is 14.5 Å². The van der Waals surface area contributed by atoms with Crippen molar-refractivity contribution in [1.29, 1.82) is 0 Å². The molecule has 0 saturated carbocycles. The van der Waals surface area contributed by atoms with Crippen molar-refractivity contribution in [3.05, 3.63) is 88.9 Å². The molecule has 0 aliphatic carbocycles. The van der Waals surface area contributed by atoms with E-state index in [2.05, 4.69) is 26.5 Å². The fourth-order valence-corrected chi connectivity index (χ4v) is 4.41. The van der Waals surface area contributed by atoms with E-state index < -0.39 is 22.5 Å². The molecule has 9 heteroatoms. The Kier molecular flexibility index (Phi) is 7.43. The summed E-state index contributed by atoms with van der Waals surface area (Å²) in [5.41, 5.74) is 3.46. The summed E-state index contributed by atoms with van der Waals surface area (Å²) in [5, 5.41) is 3.92.